The van der Waals surface area contributed by atoms with Crippen LogP contribution in [0.2, 0.25) is 0 Å². The Morgan fingerprint density at radius 1 is 1.50 bits per heavy atom. The lowest BCUT2D eigenvalue weighted by Gasteiger charge is -2.12. The van der Waals surface area contributed by atoms with Crippen molar-refractivity contribution in [3.63, 3.8) is 0 Å². The first kappa shape index (κ1) is 18.0. The van der Waals surface area contributed by atoms with E-state index in [4.69, 9.17) is 9.84 Å². The van der Waals surface area contributed by atoms with E-state index in [-0.39, 0.29) is 18.4 Å². The molecule has 1 atom stereocenters. The van der Waals surface area contributed by atoms with Crippen LogP contribution in [0.1, 0.15) is 31.4 Å². The zero-order chi connectivity index (χ0) is 17.7. The molecule has 0 saturated carbocycles. The summed E-state index contributed by atoms with van der Waals surface area (Å²) in [5, 5.41) is 18.8. The Morgan fingerprint density at radius 2 is 2.25 bits per heavy atom. The average molecular weight is 349 g/mol. The van der Waals surface area contributed by atoms with Crippen molar-refractivity contribution in [1.29, 1.82) is 0 Å². The zero-order valence-electron chi connectivity index (χ0n) is 13.6. The van der Waals surface area contributed by atoms with Crippen molar-refractivity contribution in [2.75, 3.05) is 0 Å². The highest BCUT2D eigenvalue weighted by Crippen LogP contribution is 2.22. The van der Waals surface area contributed by atoms with Crippen LogP contribution in [0.4, 0.5) is 0 Å². The summed E-state index contributed by atoms with van der Waals surface area (Å²) in [6.45, 7) is 5.89. The molecule has 1 heterocycles. The van der Waals surface area contributed by atoms with Crippen molar-refractivity contribution in [2.45, 2.75) is 38.5 Å². The van der Waals surface area contributed by atoms with Crippen LogP contribution in [-0.4, -0.2) is 39.7 Å². The maximum atomic E-state index is 11.6. The van der Waals surface area contributed by atoms with E-state index in [2.05, 4.69) is 15.5 Å². The second kappa shape index (κ2) is 7.96. The topological polar surface area (TPSA) is 100 Å². The lowest BCUT2D eigenvalue weighted by atomic mass is 10.1. The summed E-state index contributed by atoms with van der Waals surface area (Å²) >= 11 is 1.07. The summed E-state index contributed by atoms with van der Waals surface area (Å²) in [6, 6.07) is 5.66. The molecule has 1 aliphatic rings. The lowest BCUT2D eigenvalue weighted by molar-refractivity contribution is -0.138. The Morgan fingerprint density at radius 3 is 2.88 bits per heavy atom. The molecule has 1 unspecified atom stereocenters. The highest BCUT2D eigenvalue weighted by Gasteiger charge is 2.32. The molecule has 1 aromatic rings. The van der Waals surface area contributed by atoms with Gasteiger partial charge in [-0.05, 0) is 50.1 Å². The number of thioether (sulfide) groups is 1. The summed E-state index contributed by atoms with van der Waals surface area (Å²) in [4.78, 5) is 22.2. The standard InChI is InChI=1S/C16H19N3O4S/c1-9(2)23-12-5-4-11(6-10(12)3)8-17-19-16-18-15(22)13(24-16)7-14(20)21/h4-6,8-9,13H,7H2,1-3H3,(H,20,21)(H,18,19,22). The Hall–Kier alpha value is -2.35. The highest BCUT2D eigenvalue weighted by molar-refractivity contribution is 8.15. The van der Waals surface area contributed by atoms with Gasteiger partial charge in [-0.1, -0.05) is 11.8 Å². The molecule has 1 fully saturated rings. The summed E-state index contributed by atoms with van der Waals surface area (Å²) in [5.74, 6) is -0.558. The van der Waals surface area contributed by atoms with Gasteiger partial charge in [0.2, 0.25) is 5.91 Å². The lowest BCUT2D eigenvalue weighted by Crippen LogP contribution is -2.26. The molecule has 0 aromatic heterocycles. The molecule has 7 nitrogen and oxygen atoms in total. The summed E-state index contributed by atoms with van der Waals surface area (Å²) in [6.07, 6.45) is 1.43. The minimum atomic E-state index is -1.02. The van der Waals surface area contributed by atoms with Crippen molar-refractivity contribution < 1.29 is 19.4 Å². The first-order chi connectivity index (χ1) is 11.3. The second-order valence-electron chi connectivity index (χ2n) is 5.53. The number of amides is 1. The number of carboxylic acid groups (broad SMARTS) is 1. The molecule has 0 spiro atoms. The van der Waals surface area contributed by atoms with E-state index in [0.717, 1.165) is 28.6 Å². The number of hydrogen-bond acceptors (Lipinski definition) is 6. The number of benzene rings is 1. The minimum absolute atomic E-state index is 0.108. The van der Waals surface area contributed by atoms with Gasteiger partial charge in [0.05, 0.1) is 18.7 Å². The Labute approximate surface area is 144 Å². The average Bonchev–Trinajstić information content (AvgIpc) is 2.81. The summed E-state index contributed by atoms with van der Waals surface area (Å²) in [7, 11) is 0. The Kier molecular flexibility index (Phi) is 5.97. The molecule has 1 aromatic carbocycles. The van der Waals surface area contributed by atoms with Crippen LogP contribution >= 0.6 is 11.8 Å². The molecule has 0 bridgehead atoms. The number of carbonyl (C=O) groups excluding carboxylic acids is 1. The monoisotopic (exact) mass is 349 g/mol. The summed E-state index contributed by atoms with van der Waals surface area (Å²) in [5.41, 5.74) is 1.84. The molecule has 1 aliphatic heterocycles. The Bertz CT molecular complexity index is 701. The molecule has 2 N–H and O–H groups in total. The summed E-state index contributed by atoms with van der Waals surface area (Å²) < 4.78 is 5.67. The molecular weight excluding hydrogens is 330 g/mol. The number of carbonyl (C=O) groups is 2. The first-order valence-electron chi connectivity index (χ1n) is 7.43. The van der Waals surface area contributed by atoms with Crippen molar-refractivity contribution in [2.24, 2.45) is 10.2 Å². The van der Waals surface area contributed by atoms with E-state index in [0.29, 0.717) is 5.17 Å². The maximum absolute atomic E-state index is 11.6. The van der Waals surface area contributed by atoms with Gasteiger partial charge in [0.15, 0.2) is 5.17 Å². The number of rotatable bonds is 6. The normalized spacial score (nSPS) is 19.2. The minimum Gasteiger partial charge on any atom is -0.491 e. The van der Waals surface area contributed by atoms with Gasteiger partial charge in [0.1, 0.15) is 11.0 Å². The van der Waals surface area contributed by atoms with E-state index >= 15 is 0 Å². The molecule has 0 aliphatic carbocycles. The number of carboxylic acids is 1. The predicted molar refractivity (Wildman–Crippen MR) is 93.7 cm³/mol. The molecule has 2 rings (SSSR count). The fourth-order valence-corrected chi connectivity index (χ4v) is 2.95. The molecule has 24 heavy (non-hydrogen) atoms. The number of hydrogen-bond donors (Lipinski definition) is 2. The maximum Gasteiger partial charge on any atom is 0.305 e. The van der Waals surface area contributed by atoms with Gasteiger partial charge in [-0.3, -0.25) is 9.59 Å². The molecule has 128 valence electrons. The molecule has 8 heteroatoms. The van der Waals surface area contributed by atoms with E-state index in [9.17, 15) is 9.59 Å². The SMILES string of the molecule is Cc1cc(C=NN=C2NC(=O)C(CC(=O)O)S2)ccc1OC(C)C. The molecule has 0 radical (unpaired) electrons. The zero-order valence-corrected chi connectivity index (χ0v) is 14.5. The van der Waals surface area contributed by atoms with Crippen molar-refractivity contribution in [1.82, 2.24) is 5.32 Å². The number of aliphatic carboxylic acids is 1. The van der Waals surface area contributed by atoms with E-state index < -0.39 is 11.2 Å². The van der Waals surface area contributed by atoms with Crippen molar-refractivity contribution in [3.8, 4) is 5.75 Å². The third-order valence-electron chi connectivity index (χ3n) is 3.05. The van der Waals surface area contributed by atoms with E-state index in [1.807, 2.05) is 39.0 Å². The van der Waals surface area contributed by atoms with Crippen LogP contribution in [0.3, 0.4) is 0 Å². The smallest absolute Gasteiger partial charge is 0.305 e. The number of nitrogens with one attached hydrogen (secondary N) is 1. The molecular formula is C16H19N3O4S. The predicted octanol–water partition coefficient (Wildman–Crippen LogP) is 2.18. The van der Waals surface area contributed by atoms with Gasteiger partial charge in [-0.25, -0.2) is 0 Å². The first-order valence-corrected chi connectivity index (χ1v) is 8.30. The highest BCUT2D eigenvalue weighted by atomic mass is 32.2. The van der Waals surface area contributed by atoms with Crippen molar-refractivity contribution >= 4 is 35.0 Å². The fourth-order valence-electron chi connectivity index (χ4n) is 2.03. The largest absolute Gasteiger partial charge is 0.491 e. The number of ether oxygens (including phenoxy) is 1. The number of aryl methyl sites for hydroxylation is 1. The van der Waals surface area contributed by atoms with Gasteiger partial charge in [0.25, 0.3) is 0 Å². The molecule has 1 saturated heterocycles. The number of amidine groups is 1. The van der Waals surface area contributed by atoms with Gasteiger partial charge >= 0.3 is 5.97 Å². The Balaban J connectivity index is 2.00. The van der Waals surface area contributed by atoms with Gasteiger partial charge in [-0.2, -0.15) is 5.10 Å². The van der Waals surface area contributed by atoms with Crippen LogP contribution in [-0.2, 0) is 9.59 Å². The third-order valence-corrected chi connectivity index (χ3v) is 4.13. The van der Waals surface area contributed by atoms with Gasteiger partial charge < -0.3 is 15.2 Å². The number of nitrogens with zero attached hydrogens (tertiary/aromatic N) is 2. The van der Waals surface area contributed by atoms with Crippen molar-refractivity contribution in [3.05, 3.63) is 29.3 Å². The van der Waals surface area contributed by atoms with Crippen LogP contribution < -0.4 is 10.1 Å². The van der Waals surface area contributed by atoms with Crippen LogP contribution in [0, 0.1) is 6.92 Å². The fraction of sp³-hybridized carbons (Fsp3) is 0.375. The van der Waals surface area contributed by atoms with Crippen LogP contribution in [0.15, 0.2) is 28.4 Å². The van der Waals surface area contributed by atoms with E-state index in [1.165, 1.54) is 0 Å². The van der Waals surface area contributed by atoms with Gasteiger partial charge in [-0.15, -0.1) is 5.10 Å². The third kappa shape index (κ3) is 5.09. The van der Waals surface area contributed by atoms with Crippen LogP contribution in [0.5, 0.6) is 5.75 Å². The quantitative estimate of drug-likeness (QED) is 0.605. The second-order valence-corrected chi connectivity index (χ2v) is 6.73. The van der Waals surface area contributed by atoms with Gasteiger partial charge in [0, 0.05) is 0 Å². The molecule has 1 amide bonds. The van der Waals surface area contributed by atoms with Crippen LogP contribution in [0.25, 0.3) is 0 Å². The van der Waals surface area contributed by atoms with E-state index in [1.54, 1.807) is 6.21 Å².